The van der Waals surface area contributed by atoms with Crippen molar-refractivity contribution in [3.63, 3.8) is 0 Å². The summed E-state index contributed by atoms with van der Waals surface area (Å²) in [7, 11) is 0. The molecule has 0 aromatic heterocycles. The Bertz CT molecular complexity index is 398. The summed E-state index contributed by atoms with van der Waals surface area (Å²) in [6, 6.07) is 0.108. The zero-order valence-electron chi connectivity index (χ0n) is 16.6. The van der Waals surface area contributed by atoms with Crippen molar-refractivity contribution in [1.29, 1.82) is 0 Å². The van der Waals surface area contributed by atoms with Crippen LogP contribution in [0.1, 0.15) is 75.2 Å². The zero-order chi connectivity index (χ0) is 18.2. The van der Waals surface area contributed by atoms with E-state index in [0.717, 1.165) is 12.8 Å². The van der Waals surface area contributed by atoms with Gasteiger partial charge in [0.05, 0.1) is 0 Å². The molecule has 23 heavy (non-hydrogen) atoms. The Morgan fingerprint density at radius 3 is 1.78 bits per heavy atom. The first-order valence-electron chi connectivity index (χ1n) is 9.09. The molecule has 0 aliphatic carbocycles. The molecule has 0 bridgehead atoms. The summed E-state index contributed by atoms with van der Waals surface area (Å²) in [6.07, 6.45) is 1.53. The Morgan fingerprint density at radius 2 is 1.43 bits per heavy atom. The maximum absolute atomic E-state index is 12.9. The lowest BCUT2D eigenvalue weighted by Crippen LogP contribution is -2.63. The van der Waals surface area contributed by atoms with Crippen molar-refractivity contribution in [3.8, 4) is 0 Å². The Labute approximate surface area is 143 Å². The summed E-state index contributed by atoms with van der Waals surface area (Å²) in [6.45, 7) is 18.9. The Hall–Kier alpha value is -0.610. The first-order valence-corrected chi connectivity index (χ1v) is 9.09. The molecule has 1 aliphatic rings. The molecule has 1 heterocycles. The minimum Gasteiger partial charge on any atom is -0.353 e. The third-order valence-corrected chi connectivity index (χ3v) is 5.62. The molecule has 1 rings (SSSR count). The van der Waals surface area contributed by atoms with Gasteiger partial charge in [0.2, 0.25) is 5.91 Å². The molecular formula is C19H38N2O2. The second-order valence-electron chi connectivity index (χ2n) is 9.42. The van der Waals surface area contributed by atoms with Gasteiger partial charge in [-0.15, -0.1) is 0 Å². The van der Waals surface area contributed by atoms with Crippen LogP contribution in [0.5, 0.6) is 0 Å². The largest absolute Gasteiger partial charge is 0.353 e. The van der Waals surface area contributed by atoms with E-state index in [2.05, 4.69) is 39.9 Å². The monoisotopic (exact) mass is 326 g/mol. The van der Waals surface area contributed by atoms with Crippen LogP contribution >= 0.6 is 0 Å². The predicted molar refractivity (Wildman–Crippen MR) is 95.3 cm³/mol. The highest BCUT2D eigenvalue weighted by Gasteiger charge is 2.46. The summed E-state index contributed by atoms with van der Waals surface area (Å²) in [5, 5.41) is 15.1. The Kier molecular flexibility index (Phi) is 6.31. The van der Waals surface area contributed by atoms with Gasteiger partial charge in [0.1, 0.15) is 0 Å². The van der Waals surface area contributed by atoms with E-state index in [4.69, 9.17) is 0 Å². The molecule has 1 amide bonds. The molecule has 2 N–H and O–H groups in total. The van der Waals surface area contributed by atoms with Crippen LogP contribution in [0.4, 0.5) is 0 Å². The van der Waals surface area contributed by atoms with E-state index in [1.54, 1.807) is 0 Å². The van der Waals surface area contributed by atoms with Gasteiger partial charge in [-0.3, -0.25) is 4.79 Å². The van der Waals surface area contributed by atoms with E-state index in [1.165, 1.54) is 5.06 Å². The molecule has 1 aliphatic heterocycles. The van der Waals surface area contributed by atoms with Crippen molar-refractivity contribution in [2.45, 2.75) is 92.3 Å². The summed E-state index contributed by atoms with van der Waals surface area (Å²) >= 11 is 0. The number of hydroxylamine groups is 2. The van der Waals surface area contributed by atoms with Crippen LogP contribution in [0.25, 0.3) is 0 Å². The zero-order valence-corrected chi connectivity index (χ0v) is 16.6. The lowest BCUT2D eigenvalue weighted by atomic mass is 9.76. The smallest absolute Gasteiger partial charge is 0.223 e. The van der Waals surface area contributed by atoms with Crippen LogP contribution in [0.2, 0.25) is 0 Å². The van der Waals surface area contributed by atoms with Crippen LogP contribution in [-0.2, 0) is 4.79 Å². The van der Waals surface area contributed by atoms with Gasteiger partial charge < -0.3 is 10.5 Å². The van der Waals surface area contributed by atoms with Gasteiger partial charge in [-0.2, -0.15) is 5.06 Å². The lowest BCUT2D eigenvalue weighted by molar-refractivity contribution is -0.246. The number of hydrogen-bond acceptors (Lipinski definition) is 3. The Balaban J connectivity index is 2.87. The number of carbonyl (C=O) groups is 1. The molecule has 2 atom stereocenters. The number of piperidine rings is 1. The minimum atomic E-state index is -0.337. The lowest BCUT2D eigenvalue weighted by Gasteiger charge is -2.51. The van der Waals surface area contributed by atoms with Crippen molar-refractivity contribution >= 4 is 5.91 Å². The first-order chi connectivity index (χ1) is 10.3. The minimum absolute atomic E-state index is 0.0355. The molecule has 0 aromatic rings. The van der Waals surface area contributed by atoms with E-state index >= 15 is 0 Å². The molecule has 1 saturated heterocycles. The topological polar surface area (TPSA) is 52.6 Å². The second-order valence-corrected chi connectivity index (χ2v) is 9.42. The molecule has 0 spiro atoms. The van der Waals surface area contributed by atoms with E-state index in [1.807, 2.05) is 27.7 Å². The summed E-state index contributed by atoms with van der Waals surface area (Å²) in [5.41, 5.74) is -0.673. The van der Waals surface area contributed by atoms with Gasteiger partial charge in [0.15, 0.2) is 0 Å². The molecule has 2 unspecified atom stereocenters. The SMILES string of the molecule is CC(C)C(C)C(C(=O)NC1CC(C)(C)N(O)C(C)(C)C1)C(C)C. The quantitative estimate of drug-likeness (QED) is 0.800. The number of nitrogens with one attached hydrogen (secondary N) is 1. The third kappa shape index (κ3) is 4.69. The fourth-order valence-electron chi connectivity index (χ4n) is 4.23. The van der Waals surface area contributed by atoms with Gasteiger partial charge in [0, 0.05) is 23.0 Å². The van der Waals surface area contributed by atoms with Crippen molar-refractivity contribution in [2.75, 3.05) is 0 Å². The van der Waals surface area contributed by atoms with Crippen molar-refractivity contribution in [1.82, 2.24) is 10.4 Å². The van der Waals surface area contributed by atoms with Gasteiger partial charge in [-0.1, -0.05) is 34.6 Å². The van der Waals surface area contributed by atoms with Crippen LogP contribution in [-0.4, -0.2) is 33.3 Å². The molecule has 0 radical (unpaired) electrons. The number of nitrogens with zero attached hydrogens (tertiary/aromatic N) is 1. The van der Waals surface area contributed by atoms with Gasteiger partial charge in [0.25, 0.3) is 0 Å². The van der Waals surface area contributed by atoms with Crippen molar-refractivity contribution in [2.24, 2.45) is 23.7 Å². The number of amides is 1. The molecule has 0 aromatic carbocycles. The van der Waals surface area contributed by atoms with Crippen LogP contribution in [0.15, 0.2) is 0 Å². The fraction of sp³-hybridized carbons (Fsp3) is 0.947. The standard InChI is InChI=1S/C19H38N2O2/c1-12(2)14(5)16(13(3)4)17(22)20-15-10-18(6,7)21(23)19(8,9)11-15/h12-16,23H,10-11H2,1-9H3,(H,20,22). The van der Waals surface area contributed by atoms with Crippen LogP contribution in [0.3, 0.4) is 0 Å². The fourth-order valence-corrected chi connectivity index (χ4v) is 4.23. The normalized spacial score (nSPS) is 24.7. The number of carbonyl (C=O) groups excluding carboxylic acids is 1. The van der Waals surface area contributed by atoms with Gasteiger partial charge >= 0.3 is 0 Å². The summed E-state index contributed by atoms with van der Waals surface area (Å²) in [4.78, 5) is 12.9. The average Bonchev–Trinajstić information content (AvgIpc) is 2.34. The van der Waals surface area contributed by atoms with E-state index in [0.29, 0.717) is 17.8 Å². The molecule has 136 valence electrons. The van der Waals surface area contributed by atoms with E-state index in [-0.39, 0.29) is 28.9 Å². The molecule has 0 saturated carbocycles. The Morgan fingerprint density at radius 1 is 1.00 bits per heavy atom. The third-order valence-electron chi connectivity index (χ3n) is 5.62. The number of rotatable bonds is 5. The molecule has 4 heteroatoms. The number of hydrogen-bond donors (Lipinski definition) is 2. The maximum Gasteiger partial charge on any atom is 0.223 e. The average molecular weight is 327 g/mol. The molecule has 1 fully saturated rings. The molecule has 4 nitrogen and oxygen atoms in total. The summed E-state index contributed by atoms with van der Waals surface area (Å²) in [5.74, 6) is 1.37. The predicted octanol–water partition coefficient (Wildman–Crippen LogP) is 4.08. The highest BCUT2D eigenvalue weighted by atomic mass is 16.5. The van der Waals surface area contributed by atoms with Crippen molar-refractivity contribution < 1.29 is 10.0 Å². The van der Waals surface area contributed by atoms with Crippen LogP contribution < -0.4 is 5.32 Å². The first kappa shape index (κ1) is 20.4. The maximum atomic E-state index is 12.9. The second kappa shape index (κ2) is 7.10. The highest BCUT2D eigenvalue weighted by molar-refractivity contribution is 5.79. The van der Waals surface area contributed by atoms with Gasteiger partial charge in [-0.05, 0) is 58.3 Å². The van der Waals surface area contributed by atoms with Crippen LogP contribution in [0, 0.1) is 23.7 Å². The highest BCUT2D eigenvalue weighted by Crippen LogP contribution is 2.37. The molecular weight excluding hydrogens is 288 g/mol. The van der Waals surface area contributed by atoms with E-state index in [9.17, 15) is 10.0 Å². The van der Waals surface area contributed by atoms with Crippen molar-refractivity contribution in [3.05, 3.63) is 0 Å². The summed E-state index contributed by atoms with van der Waals surface area (Å²) < 4.78 is 0. The van der Waals surface area contributed by atoms with Gasteiger partial charge in [-0.25, -0.2) is 0 Å². The van der Waals surface area contributed by atoms with E-state index < -0.39 is 0 Å².